The lowest BCUT2D eigenvalue weighted by Gasteiger charge is -2.16. The summed E-state index contributed by atoms with van der Waals surface area (Å²) in [6.45, 7) is 4.25. The Morgan fingerprint density at radius 2 is 2.24 bits per heavy atom. The Bertz CT molecular complexity index is 1260. The van der Waals surface area contributed by atoms with Crippen molar-refractivity contribution in [1.82, 2.24) is 19.6 Å². The maximum atomic E-state index is 12.3. The van der Waals surface area contributed by atoms with Gasteiger partial charge in [-0.25, -0.2) is 4.98 Å². The number of pyridine rings is 1. The molecule has 5 rings (SSSR count). The van der Waals surface area contributed by atoms with Gasteiger partial charge in [-0.15, -0.1) is 21.5 Å². The van der Waals surface area contributed by atoms with Crippen LogP contribution >= 0.6 is 23.1 Å². The quantitative estimate of drug-likeness (QED) is 0.448. The van der Waals surface area contributed by atoms with E-state index in [9.17, 15) is 4.79 Å². The highest BCUT2D eigenvalue weighted by Gasteiger charge is 2.21. The molecule has 148 valence electrons. The van der Waals surface area contributed by atoms with Crippen molar-refractivity contribution >= 4 is 28.7 Å². The number of aromatic nitrogens is 4. The molecule has 0 amide bonds. The number of hydrogen-bond acceptors (Lipinski definition) is 7. The fourth-order valence-electron chi connectivity index (χ4n) is 3.70. The molecular weight excluding hydrogens is 404 g/mol. The average Bonchev–Trinajstić information content (AvgIpc) is 3.33. The summed E-state index contributed by atoms with van der Waals surface area (Å²) in [5.41, 5.74) is 3.69. The predicted molar refractivity (Wildman–Crippen MR) is 115 cm³/mol. The van der Waals surface area contributed by atoms with Gasteiger partial charge in [-0.05, 0) is 55.4 Å². The van der Waals surface area contributed by atoms with E-state index in [0.29, 0.717) is 28.2 Å². The van der Waals surface area contributed by atoms with Crippen molar-refractivity contribution < 1.29 is 4.42 Å². The predicted octanol–water partition coefficient (Wildman–Crippen LogP) is 4.53. The van der Waals surface area contributed by atoms with Crippen molar-refractivity contribution in [2.75, 3.05) is 0 Å². The Morgan fingerprint density at radius 1 is 1.34 bits per heavy atom. The minimum atomic E-state index is -0.0843. The topological polar surface area (TPSA) is 73.3 Å². The summed E-state index contributed by atoms with van der Waals surface area (Å²) < 4.78 is 7.44. The van der Waals surface area contributed by atoms with Gasteiger partial charge in [0.2, 0.25) is 0 Å². The van der Waals surface area contributed by atoms with Crippen molar-refractivity contribution in [2.24, 2.45) is 5.92 Å². The van der Waals surface area contributed by atoms with Crippen LogP contribution in [0.2, 0.25) is 0 Å². The van der Waals surface area contributed by atoms with E-state index < -0.39 is 0 Å². The Kier molecular flexibility index (Phi) is 4.75. The zero-order valence-electron chi connectivity index (χ0n) is 16.2. The van der Waals surface area contributed by atoms with E-state index >= 15 is 0 Å². The zero-order chi connectivity index (χ0) is 20.0. The maximum absolute atomic E-state index is 12.3. The molecule has 0 spiro atoms. The van der Waals surface area contributed by atoms with E-state index in [-0.39, 0.29) is 5.56 Å². The fraction of sp³-hybridized carbons (Fsp3) is 0.333. The molecule has 0 fully saturated rings. The molecule has 1 unspecified atom stereocenters. The molecule has 0 radical (unpaired) electrons. The monoisotopic (exact) mass is 424 g/mol. The Labute approximate surface area is 176 Å². The third kappa shape index (κ3) is 3.62. The molecule has 1 atom stereocenters. The number of aryl methyl sites for hydroxylation is 2. The summed E-state index contributed by atoms with van der Waals surface area (Å²) in [6, 6.07) is 7.56. The van der Waals surface area contributed by atoms with Gasteiger partial charge in [-0.1, -0.05) is 24.8 Å². The molecule has 0 saturated heterocycles. The maximum Gasteiger partial charge on any atom is 0.277 e. The van der Waals surface area contributed by atoms with Crippen LogP contribution in [0.3, 0.4) is 0 Å². The summed E-state index contributed by atoms with van der Waals surface area (Å²) in [6.07, 6.45) is 5.25. The highest BCUT2D eigenvalue weighted by Crippen LogP contribution is 2.37. The van der Waals surface area contributed by atoms with Crippen LogP contribution in [0.5, 0.6) is 0 Å². The van der Waals surface area contributed by atoms with Crippen molar-refractivity contribution in [1.29, 1.82) is 0 Å². The molecule has 4 aromatic heterocycles. The second-order valence-corrected chi connectivity index (χ2v) is 9.60. The van der Waals surface area contributed by atoms with Crippen molar-refractivity contribution in [2.45, 2.75) is 44.1 Å². The van der Waals surface area contributed by atoms with E-state index in [1.165, 1.54) is 28.6 Å². The molecule has 4 heterocycles. The number of thioether (sulfide) groups is 1. The third-order valence-corrected chi connectivity index (χ3v) is 7.31. The number of nitrogens with zero attached hydrogens (tertiary/aromatic N) is 4. The van der Waals surface area contributed by atoms with Gasteiger partial charge in [0.05, 0.1) is 10.6 Å². The molecule has 0 N–H and O–H groups in total. The minimum absolute atomic E-state index is 0.0843. The molecule has 29 heavy (non-hydrogen) atoms. The van der Waals surface area contributed by atoms with Crippen molar-refractivity contribution in [3.8, 4) is 10.8 Å². The van der Waals surface area contributed by atoms with E-state index in [4.69, 9.17) is 4.42 Å². The minimum Gasteiger partial charge on any atom is -0.410 e. The molecule has 0 bridgehead atoms. The van der Waals surface area contributed by atoms with Crippen LogP contribution in [0.25, 0.3) is 16.4 Å². The van der Waals surface area contributed by atoms with Crippen LogP contribution in [0.15, 0.2) is 44.9 Å². The number of hydrogen-bond donors (Lipinski definition) is 0. The van der Waals surface area contributed by atoms with E-state index in [0.717, 1.165) is 29.2 Å². The molecule has 0 aliphatic heterocycles. The van der Waals surface area contributed by atoms with Crippen LogP contribution in [0.4, 0.5) is 0 Å². The Hall–Kier alpha value is -2.45. The van der Waals surface area contributed by atoms with Gasteiger partial charge in [0.1, 0.15) is 5.65 Å². The smallest absolute Gasteiger partial charge is 0.277 e. The molecule has 1 aliphatic rings. The van der Waals surface area contributed by atoms with Gasteiger partial charge in [0.15, 0.2) is 0 Å². The third-order valence-electron chi connectivity index (χ3n) is 5.23. The van der Waals surface area contributed by atoms with Crippen LogP contribution in [-0.2, 0) is 18.6 Å². The summed E-state index contributed by atoms with van der Waals surface area (Å²) in [4.78, 5) is 19.4. The molecule has 0 saturated carbocycles. The van der Waals surface area contributed by atoms with E-state index in [2.05, 4.69) is 28.2 Å². The van der Waals surface area contributed by atoms with Crippen molar-refractivity contribution in [3.05, 3.63) is 62.5 Å². The van der Waals surface area contributed by atoms with Crippen LogP contribution in [-0.4, -0.2) is 19.6 Å². The number of rotatable bonds is 4. The molecule has 1 aliphatic carbocycles. The lowest BCUT2D eigenvalue weighted by atomic mass is 9.90. The first-order chi connectivity index (χ1) is 14.1. The first-order valence-corrected chi connectivity index (χ1v) is 11.4. The molecule has 0 aromatic carbocycles. The van der Waals surface area contributed by atoms with Crippen LogP contribution < -0.4 is 5.56 Å². The van der Waals surface area contributed by atoms with Crippen LogP contribution in [0, 0.1) is 12.8 Å². The lowest BCUT2D eigenvalue weighted by Crippen LogP contribution is -2.15. The van der Waals surface area contributed by atoms with Gasteiger partial charge in [-0.3, -0.25) is 9.20 Å². The standard InChI is InChI=1S/C21H20N4O2S2/c1-12-5-6-16-14(8-12)9-17(29-16)20-23-24-21(27-20)28-11-15-10-18(26)25-7-3-4-13(2)19(25)22-15/h3-4,7,9-10,12H,5-6,8,11H2,1-2H3. The van der Waals surface area contributed by atoms with Gasteiger partial charge >= 0.3 is 0 Å². The number of thiophene rings is 1. The summed E-state index contributed by atoms with van der Waals surface area (Å²) in [7, 11) is 0. The SMILES string of the molecule is Cc1cccn2c(=O)cc(CSc3nnc(-c4cc5c(s4)CCC(C)C5)o3)nc12. The largest absolute Gasteiger partial charge is 0.410 e. The second-order valence-electron chi connectivity index (χ2n) is 7.54. The van der Waals surface area contributed by atoms with Crippen molar-refractivity contribution in [3.63, 3.8) is 0 Å². The molecule has 6 nitrogen and oxygen atoms in total. The fourth-order valence-corrected chi connectivity index (χ4v) is 5.48. The summed E-state index contributed by atoms with van der Waals surface area (Å²) in [5, 5.41) is 8.89. The van der Waals surface area contributed by atoms with E-state index in [1.54, 1.807) is 28.0 Å². The van der Waals surface area contributed by atoms with E-state index in [1.807, 2.05) is 19.1 Å². The van der Waals surface area contributed by atoms with Gasteiger partial charge in [0.25, 0.3) is 16.7 Å². The second kappa shape index (κ2) is 7.42. The molecule has 8 heteroatoms. The zero-order valence-corrected chi connectivity index (χ0v) is 17.8. The van der Waals surface area contributed by atoms with Crippen LogP contribution in [0.1, 0.15) is 35.0 Å². The summed E-state index contributed by atoms with van der Waals surface area (Å²) >= 11 is 3.16. The average molecular weight is 425 g/mol. The van der Waals surface area contributed by atoms with Gasteiger partial charge in [0, 0.05) is 22.9 Å². The van der Waals surface area contributed by atoms with Gasteiger partial charge in [-0.2, -0.15) is 0 Å². The first kappa shape index (κ1) is 18.6. The Morgan fingerprint density at radius 3 is 3.14 bits per heavy atom. The first-order valence-electron chi connectivity index (χ1n) is 9.63. The lowest BCUT2D eigenvalue weighted by molar-refractivity contribution is 0.466. The summed E-state index contributed by atoms with van der Waals surface area (Å²) in [5.74, 6) is 1.81. The normalized spacial score (nSPS) is 16.3. The highest BCUT2D eigenvalue weighted by atomic mass is 32.2. The molecular formula is C21H20N4O2S2. The molecule has 4 aromatic rings. The Balaban J connectivity index is 1.34. The highest BCUT2D eigenvalue weighted by molar-refractivity contribution is 7.98. The number of fused-ring (bicyclic) bond motifs is 2. The van der Waals surface area contributed by atoms with Gasteiger partial charge < -0.3 is 4.42 Å².